The van der Waals surface area contributed by atoms with Crippen molar-refractivity contribution in [2.24, 2.45) is 23.7 Å². The maximum Gasteiger partial charge on any atom is 0.201 e. The zero-order chi connectivity index (χ0) is 31.1. The smallest absolute Gasteiger partial charge is 0.201 e. The summed E-state index contributed by atoms with van der Waals surface area (Å²) in [7, 11) is 0. The summed E-state index contributed by atoms with van der Waals surface area (Å²) in [4.78, 5) is 0. The zero-order valence-electron chi connectivity index (χ0n) is 26.7. The average molecular weight is 611 g/mol. The topological polar surface area (TPSA) is 9.23 Å². The Morgan fingerprint density at radius 1 is 0.750 bits per heavy atom. The Balaban J connectivity index is 1.03. The number of benzene rings is 2. The molecule has 5 heteroatoms. The molecule has 1 unspecified atom stereocenters. The lowest BCUT2D eigenvalue weighted by molar-refractivity contribution is 0.179. The lowest BCUT2D eigenvalue weighted by Crippen LogP contribution is -2.24. The third-order valence-corrected chi connectivity index (χ3v) is 11.0. The van der Waals surface area contributed by atoms with Gasteiger partial charge in [-0.15, -0.1) is 0 Å². The van der Waals surface area contributed by atoms with Gasteiger partial charge < -0.3 is 4.74 Å². The van der Waals surface area contributed by atoms with Gasteiger partial charge in [-0.1, -0.05) is 56.0 Å². The first-order valence-electron chi connectivity index (χ1n) is 17.3. The van der Waals surface area contributed by atoms with E-state index >= 15 is 0 Å². The van der Waals surface area contributed by atoms with Crippen molar-refractivity contribution < 1.29 is 22.3 Å². The molecule has 3 aliphatic carbocycles. The van der Waals surface area contributed by atoms with Gasteiger partial charge in [-0.05, 0) is 143 Å². The van der Waals surface area contributed by atoms with Gasteiger partial charge in [0.15, 0.2) is 23.2 Å². The van der Waals surface area contributed by atoms with Crippen molar-refractivity contribution in [1.29, 1.82) is 0 Å². The Bertz CT molecular complexity index is 1300. The van der Waals surface area contributed by atoms with Gasteiger partial charge in [0.25, 0.3) is 0 Å². The molecule has 2 fully saturated rings. The van der Waals surface area contributed by atoms with Crippen LogP contribution >= 0.6 is 0 Å². The zero-order valence-corrected chi connectivity index (χ0v) is 26.7. The maximum absolute atomic E-state index is 14.9. The highest BCUT2D eigenvalue weighted by atomic mass is 19.2. The van der Waals surface area contributed by atoms with E-state index in [4.69, 9.17) is 4.74 Å². The van der Waals surface area contributed by atoms with E-state index in [2.05, 4.69) is 6.08 Å². The standard InChI is InChI=1S/C39H50F4O/c1-3-5-6-7-32-22-23-33(37(41)36(32)40)30-16-12-27(13-17-30)9-8-26-10-14-28(15-11-26)29-18-20-31(21-19-29)34-24-25-35(44-4-2)39(43)38(34)42/h3,5,20,22-30H,4,6-19,21H2,1-2H3. The largest absolute Gasteiger partial charge is 0.491 e. The third-order valence-electron chi connectivity index (χ3n) is 11.0. The van der Waals surface area contributed by atoms with Crippen LogP contribution in [0.1, 0.15) is 126 Å². The van der Waals surface area contributed by atoms with Crippen LogP contribution < -0.4 is 4.74 Å². The molecule has 0 aliphatic heterocycles. The Kier molecular flexibility index (Phi) is 11.7. The summed E-state index contributed by atoms with van der Waals surface area (Å²) in [5.41, 5.74) is 2.37. The van der Waals surface area contributed by atoms with E-state index in [1.807, 2.05) is 25.1 Å². The normalized spacial score (nSPS) is 26.1. The molecule has 1 nitrogen and oxygen atoms in total. The maximum atomic E-state index is 14.9. The van der Waals surface area contributed by atoms with Crippen molar-refractivity contribution in [3.05, 3.63) is 82.5 Å². The van der Waals surface area contributed by atoms with E-state index in [0.29, 0.717) is 41.6 Å². The molecule has 0 bridgehead atoms. The fourth-order valence-corrected chi connectivity index (χ4v) is 8.27. The number of ether oxygens (including phenoxy) is 1. The molecule has 0 amide bonds. The van der Waals surface area contributed by atoms with Crippen molar-refractivity contribution in [3.8, 4) is 5.75 Å². The van der Waals surface area contributed by atoms with Crippen LogP contribution in [0.25, 0.3) is 5.57 Å². The lowest BCUT2D eigenvalue weighted by Gasteiger charge is -2.36. The average Bonchev–Trinajstić information content (AvgIpc) is 3.05. The number of halogens is 4. The molecule has 3 aliphatic rings. The molecular weight excluding hydrogens is 560 g/mol. The summed E-state index contributed by atoms with van der Waals surface area (Å²) >= 11 is 0. The van der Waals surface area contributed by atoms with Gasteiger partial charge in [-0.3, -0.25) is 0 Å². The lowest BCUT2D eigenvalue weighted by atomic mass is 9.69. The van der Waals surface area contributed by atoms with E-state index < -0.39 is 23.3 Å². The summed E-state index contributed by atoms with van der Waals surface area (Å²) in [6, 6.07) is 6.85. The monoisotopic (exact) mass is 610 g/mol. The Morgan fingerprint density at radius 3 is 2.09 bits per heavy atom. The molecule has 0 saturated heterocycles. The predicted octanol–water partition coefficient (Wildman–Crippen LogP) is 11.9. The molecule has 2 aromatic carbocycles. The third kappa shape index (κ3) is 7.80. The summed E-state index contributed by atoms with van der Waals surface area (Å²) in [6.45, 7) is 4.01. The highest BCUT2D eigenvalue weighted by Crippen LogP contribution is 2.44. The van der Waals surface area contributed by atoms with Crippen LogP contribution in [0.5, 0.6) is 5.75 Å². The van der Waals surface area contributed by atoms with Gasteiger partial charge in [0.05, 0.1) is 6.61 Å². The second kappa shape index (κ2) is 15.6. The molecule has 5 rings (SSSR count). The minimum Gasteiger partial charge on any atom is -0.491 e. The molecule has 0 radical (unpaired) electrons. The molecule has 44 heavy (non-hydrogen) atoms. The number of aryl methyl sites for hydroxylation is 1. The van der Waals surface area contributed by atoms with Crippen LogP contribution in [0.4, 0.5) is 17.6 Å². The molecule has 0 N–H and O–H groups in total. The van der Waals surface area contributed by atoms with Crippen molar-refractivity contribution >= 4 is 5.57 Å². The highest BCUT2D eigenvalue weighted by Gasteiger charge is 2.31. The second-order valence-corrected chi connectivity index (χ2v) is 13.6. The van der Waals surface area contributed by atoms with Crippen LogP contribution in [-0.2, 0) is 6.42 Å². The molecule has 0 heterocycles. The van der Waals surface area contributed by atoms with Crippen LogP contribution in [0, 0.1) is 46.9 Å². The van der Waals surface area contributed by atoms with Crippen molar-refractivity contribution in [1.82, 2.24) is 0 Å². The number of hydrogen-bond acceptors (Lipinski definition) is 1. The Hall–Kier alpha value is -2.56. The van der Waals surface area contributed by atoms with Gasteiger partial charge in [0, 0.05) is 5.56 Å². The number of rotatable bonds is 11. The van der Waals surface area contributed by atoms with Crippen LogP contribution in [0.2, 0.25) is 0 Å². The second-order valence-electron chi connectivity index (χ2n) is 13.6. The fourth-order valence-electron chi connectivity index (χ4n) is 8.27. The molecule has 0 aromatic heterocycles. The quantitative estimate of drug-likeness (QED) is 0.182. The van der Waals surface area contributed by atoms with Gasteiger partial charge in [-0.25, -0.2) is 13.2 Å². The summed E-state index contributed by atoms with van der Waals surface area (Å²) < 4.78 is 64.0. The first-order valence-corrected chi connectivity index (χ1v) is 17.3. The van der Waals surface area contributed by atoms with Crippen LogP contribution in [0.15, 0.2) is 42.5 Å². The summed E-state index contributed by atoms with van der Waals surface area (Å²) in [5.74, 6) is 0.0329. The SMILES string of the molecule is CC=CCCc1ccc(C2CCC(CCC3CCC(C4CC=C(c5ccc(OCC)c(F)c5F)CC4)CC3)CC2)c(F)c1F. The molecule has 2 saturated carbocycles. The predicted molar refractivity (Wildman–Crippen MR) is 172 cm³/mol. The van der Waals surface area contributed by atoms with E-state index in [1.54, 1.807) is 25.1 Å². The van der Waals surface area contributed by atoms with Crippen molar-refractivity contribution in [2.45, 2.75) is 116 Å². The number of allylic oxidation sites excluding steroid dienone is 4. The van der Waals surface area contributed by atoms with E-state index in [-0.39, 0.29) is 11.7 Å². The van der Waals surface area contributed by atoms with E-state index in [9.17, 15) is 17.6 Å². The van der Waals surface area contributed by atoms with Crippen LogP contribution in [0.3, 0.4) is 0 Å². The minimum atomic E-state index is -0.885. The highest BCUT2D eigenvalue weighted by molar-refractivity contribution is 5.67. The summed E-state index contributed by atoms with van der Waals surface area (Å²) in [6.07, 6.45) is 21.9. The van der Waals surface area contributed by atoms with Crippen molar-refractivity contribution in [3.63, 3.8) is 0 Å². The molecule has 2 aromatic rings. The van der Waals surface area contributed by atoms with Gasteiger partial charge in [-0.2, -0.15) is 4.39 Å². The minimum absolute atomic E-state index is 0.0171. The first-order chi connectivity index (χ1) is 21.4. The van der Waals surface area contributed by atoms with Gasteiger partial charge in [0.1, 0.15) is 0 Å². The summed E-state index contributed by atoms with van der Waals surface area (Å²) in [5, 5.41) is 0. The van der Waals surface area contributed by atoms with Gasteiger partial charge >= 0.3 is 0 Å². The Labute approximate surface area is 262 Å². The van der Waals surface area contributed by atoms with Crippen LogP contribution in [-0.4, -0.2) is 6.61 Å². The number of hydrogen-bond donors (Lipinski definition) is 0. The fraction of sp³-hybridized carbons (Fsp3) is 0.590. The molecular formula is C39H50F4O. The Morgan fingerprint density at radius 2 is 1.45 bits per heavy atom. The molecule has 240 valence electrons. The van der Waals surface area contributed by atoms with E-state index in [1.165, 1.54) is 38.5 Å². The molecule has 1 atom stereocenters. The first kappa shape index (κ1) is 32.8. The van der Waals surface area contributed by atoms with E-state index in [0.717, 1.165) is 68.8 Å². The van der Waals surface area contributed by atoms with Gasteiger partial charge in [0.2, 0.25) is 5.82 Å². The molecule has 0 spiro atoms. The van der Waals surface area contributed by atoms with Crippen molar-refractivity contribution in [2.75, 3.05) is 6.61 Å².